The van der Waals surface area contributed by atoms with Crippen molar-refractivity contribution >= 4 is 11.8 Å². The van der Waals surface area contributed by atoms with E-state index in [2.05, 4.69) is 19.1 Å². The highest BCUT2D eigenvalue weighted by atomic mass is 16.3. The number of rotatable bonds is 11. The van der Waals surface area contributed by atoms with Crippen LogP contribution in [0.15, 0.2) is 77.4 Å². The van der Waals surface area contributed by atoms with E-state index < -0.39 is 5.54 Å². The Morgan fingerprint density at radius 1 is 0.857 bits per heavy atom. The van der Waals surface area contributed by atoms with Gasteiger partial charge in [-0.2, -0.15) is 0 Å². The lowest BCUT2D eigenvalue weighted by atomic mass is 10.0. The number of amides is 2. The van der Waals surface area contributed by atoms with Crippen molar-refractivity contribution in [3.8, 4) is 0 Å². The first-order chi connectivity index (χ1) is 16.8. The molecule has 0 N–H and O–H groups in total. The number of hydrogen-bond acceptors (Lipinski definition) is 3. The van der Waals surface area contributed by atoms with Crippen LogP contribution in [0, 0.1) is 0 Å². The fraction of sp³-hybridized carbons (Fsp3) is 0.400. The minimum atomic E-state index is -0.511. The first-order valence-electron chi connectivity index (χ1n) is 12.5. The molecule has 0 unspecified atom stereocenters. The summed E-state index contributed by atoms with van der Waals surface area (Å²) in [6.45, 7) is 9.00. The summed E-state index contributed by atoms with van der Waals surface area (Å²) in [6.07, 6.45) is 5.62. The maximum atomic E-state index is 13.5. The molecule has 0 atom stereocenters. The van der Waals surface area contributed by atoms with Gasteiger partial charge in [-0.15, -0.1) is 0 Å². The quantitative estimate of drug-likeness (QED) is 0.336. The van der Waals surface area contributed by atoms with Crippen molar-refractivity contribution in [2.45, 2.75) is 65.5 Å². The van der Waals surface area contributed by atoms with Gasteiger partial charge in [-0.3, -0.25) is 9.59 Å². The van der Waals surface area contributed by atoms with Crippen LogP contribution in [0.3, 0.4) is 0 Å². The minimum Gasteiger partial charge on any atom is -0.467 e. The highest BCUT2D eigenvalue weighted by molar-refractivity contribution is 5.97. The van der Waals surface area contributed by atoms with Gasteiger partial charge in [0.2, 0.25) is 5.91 Å². The zero-order valence-corrected chi connectivity index (χ0v) is 21.5. The summed E-state index contributed by atoms with van der Waals surface area (Å²) in [7, 11) is 0. The van der Waals surface area contributed by atoms with Gasteiger partial charge < -0.3 is 14.2 Å². The average Bonchev–Trinajstić information content (AvgIpc) is 3.36. The van der Waals surface area contributed by atoms with Crippen LogP contribution in [0.5, 0.6) is 0 Å². The van der Waals surface area contributed by atoms with Gasteiger partial charge >= 0.3 is 0 Å². The zero-order chi connectivity index (χ0) is 25.3. The van der Waals surface area contributed by atoms with Crippen molar-refractivity contribution in [3.05, 3.63) is 95.4 Å². The Labute approximate surface area is 209 Å². The molecule has 35 heavy (non-hydrogen) atoms. The summed E-state index contributed by atoms with van der Waals surface area (Å²) in [6, 6.07) is 21.6. The molecule has 0 fully saturated rings. The van der Waals surface area contributed by atoms with E-state index >= 15 is 0 Å². The molecule has 2 amide bonds. The van der Waals surface area contributed by atoms with Crippen LogP contribution in [0.25, 0.3) is 0 Å². The van der Waals surface area contributed by atoms with Crippen molar-refractivity contribution < 1.29 is 14.0 Å². The molecular formula is C30H38N2O3. The molecule has 0 saturated heterocycles. The highest BCUT2D eigenvalue weighted by Gasteiger charge is 2.31. The molecular weight excluding hydrogens is 436 g/mol. The molecule has 186 valence electrons. The summed E-state index contributed by atoms with van der Waals surface area (Å²) in [5.41, 5.74) is 2.49. The van der Waals surface area contributed by atoms with Gasteiger partial charge in [0.25, 0.3) is 5.91 Å². The van der Waals surface area contributed by atoms with Gasteiger partial charge in [0.05, 0.1) is 12.8 Å². The summed E-state index contributed by atoms with van der Waals surface area (Å²) in [4.78, 5) is 30.5. The number of furan rings is 1. The topological polar surface area (TPSA) is 53.8 Å². The Bertz CT molecular complexity index is 1050. The van der Waals surface area contributed by atoms with Crippen LogP contribution >= 0.6 is 0 Å². The van der Waals surface area contributed by atoms with E-state index in [1.54, 1.807) is 16.1 Å². The maximum Gasteiger partial charge on any atom is 0.254 e. The second-order valence-electron chi connectivity index (χ2n) is 9.99. The number of benzene rings is 2. The fourth-order valence-electron chi connectivity index (χ4n) is 3.99. The third-order valence-corrected chi connectivity index (χ3v) is 6.16. The predicted octanol–water partition coefficient (Wildman–Crippen LogP) is 6.13. The standard InChI is InChI=1S/C30H38N2O3/c1-5-6-11-25-15-17-26(18-16-25)29(34)32(30(2,3)4)23-28(33)31(22-27-14-10-21-35-27)20-19-24-12-8-7-9-13-24/h7-10,12-18,21H,5-6,11,19-20,22-23H2,1-4H3. The molecule has 0 saturated carbocycles. The van der Waals surface area contributed by atoms with Crippen LogP contribution in [0.1, 0.15) is 67.8 Å². The third kappa shape index (κ3) is 7.84. The molecule has 0 spiro atoms. The number of hydrogen-bond donors (Lipinski definition) is 0. The van der Waals surface area contributed by atoms with E-state index in [1.165, 1.54) is 5.56 Å². The summed E-state index contributed by atoms with van der Waals surface area (Å²) in [5.74, 6) is 0.497. The number of carbonyl (C=O) groups excluding carboxylic acids is 2. The molecule has 0 aliphatic carbocycles. The highest BCUT2D eigenvalue weighted by Crippen LogP contribution is 2.19. The number of aryl methyl sites for hydroxylation is 1. The lowest BCUT2D eigenvalue weighted by Crippen LogP contribution is -2.51. The van der Waals surface area contributed by atoms with Gasteiger partial charge in [-0.25, -0.2) is 0 Å². The van der Waals surface area contributed by atoms with Crippen molar-refractivity contribution in [3.63, 3.8) is 0 Å². The maximum absolute atomic E-state index is 13.5. The van der Waals surface area contributed by atoms with Crippen LogP contribution in [0.2, 0.25) is 0 Å². The van der Waals surface area contributed by atoms with E-state index in [1.807, 2.05) is 75.4 Å². The molecule has 3 aromatic rings. The van der Waals surface area contributed by atoms with Crippen LogP contribution in [-0.2, 0) is 24.2 Å². The summed E-state index contributed by atoms with van der Waals surface area (Å²) in [5, 5.41) is 0. The fourth-order valence-corrected chi connectivity index (χ4v) is 3.99. The van der Waals surface area contributed by atoms with E-state index in [4.69, 9.17) is 4.42 Å². The van der Waals surface area contributed by atoms with Crippen LogP contribution in [-0.4, -0.2) is 40.2 Å². The third-order valence-electron chi connectivity index (χ3n) is 6.16. The van der Waals surface area contributed by atoms with Crippen LogP contribution < -0.4 is 0 Å². The SMILES string of the molecule is CCCCc1ccc(C(=O)N(CC(=O)N(CCc2ccccc2)Cc2ccco2)C(C)(C)C)cc1. The lowest BCUT2D eigenvalue weighted by molar-refractivity contribution is -0.133. The Kier molecular flexibility index (Phi) is 9.30. The van der Waals surface area contributed by atoms with E-state index in [-0.39, 0.29) is 18.4 Å². The van der Waals surface area contributed by atoms with E-state index in [9.17, 15) is 9.59 Å². The van der Waals surface area contributed by atoms with Crippen molar-refractivity contribution in [1.29, 1.82) is 0 Å². The predicted molar refractivity (Wildman–Crippen MR) is 140 cm³/mol. The Balaban J connectivity index is 1.75. The van der Waals surface area contributed by atoms with Crippen molar-refractivity contribution in [1.82, 2.24) is 9.80 Å². The summed E-state index contributed by atoms with van der Waals surface area (Å²) < 4.78 is 5.52. The van der Waals surface area contributed by atoms with E-state index in [0.717, 1.165) is 37.0 Å². The first-order valence-corrected chi connectivity index (χ1v) is 12.5. The van der Waals surface area contributed by atoms with Gasteiger partial charge in [0.15, 0.2) is 0 Å². The second-order valence-corrected chi connectivity index (χ2v) is 9.99. The minimum absolute atomic E-state index is 0.00934. The molecule has 0 bridgehead atoms. The number of nitrogens with zero attached hydrogens (tertiary/aromatic N) is 2. The largest absolute Gasteiger partial charge is 0.467 e. The van der Waals surface area contributed by atoms with Crippen molar-refractivity contribution in [2.24, 2.45) is 0 Å². The molecule has 5 nitrogen and oxygen atoms in total. The average molecular weight is 475 g/mol. The smallest absolute Gasteiger partial charge is 0.254 e. The molecule has 3 rings (SSSR count). The van der Waals surface area contributed by atoms with Gasteiger partial charge in [-0.1, -0.05) is 55.8 Å². The van der Waals surface area contributed by atoms with E-state index in [0.29, 0.717) is 18.7 Å². The van der Waals surface area contributed by atoms with Crippen molar-refractivity contribution in [2.75, 3.05) is 13.1 Å². The van der Waals surface area contributed by atoms with Gasteiger partial charge in [-0.05, 0) is 75.4 Å². The normalized spacial score (nSPS) is 11.3. The van der Waals surface area contributed by atoms with Gasteiger partial charge in [0, 0.05) is 17.6 Å². The number of carbonyl (C=O) groups is 2. The molecule has 1 aromatic heterocycles. The van der Waals surface area contributed by atoms with Gasteiger partial charge in [0.1, 0.15) is 12.3 Å². The first kappa shape index (κ1) is 26.3. The molecule has 0 radical (unpaired) electrons. The monoisotopic (exact) mass is 474 g/mol. The summed E-state index contributed by atoms with van der Waals surface area (Å²) >= 11 is 0. The Morgan fingerprint density at radius 3 is 2.14 bits per heavy atom. The molecule has 2 aromatic carbocycles. The molecule has 0 aliphatic heterocycles. The lowest BCUT2D eigenvalue weighted by Gasteiger charge is -2.37. The molecule has 5 heteroatoms. The Morgan fingerprint density at radius 2 is 1.54 bits per heavy atom. The second kappa shape index (κ2) is 12.4. The number of unbranched alkanes of at least 4 members (excludes halogenated alkanes) is 1. The molecule has 1 heterocycles. The van der Waals surface area contributed by atoms with Crippen LogP contribution in [0.4, 0.5) is 0 Å². The zero-order valence-electron chi connectivity index (χ0n) is 21.5. The Hall–Kier alpha value is -3.34. The molecule has 0 aliphatic rings.